The number of nitrogens with two attached hydrogens (primary N) is 1. The maximum Gasteiger partial charge on any atom is 0.234 e. The normalized spacial score (nSPS) is 11.0. The molecule has 0 aliphatic carbocycles. The predicted molar refractivity (Wildman–Crippen MR) is 111 cm³/mol. The second kappa shape index (κ2) is 8.45. The van der Waals surface area contributed by atoms with Crippen LogP contribution in [-0.4, -0.2) is 26.5 Å². The molecule has 2 aromatic carbocycles. The van der Waals surface area contributed by atoms with Gasteiger partial charge in [0.25, 0.3) is 0 Å². The molecular weight excluding hydrogens is 382 g/mol. The quantitative estimate of drug-likeness (QED) is 0.478. The van der Waals surface area contributed by atoms with Crippen LogP contribution in [0.25, 0.3) is 11.4 Å². The molecule has 1 aromatic heterocycles. The van der Waals surface area contributed by atoms with Crippen LogP contribution in [-0.2, 0) is 4.79 Å². The van der Waals surface area contributed by atoms with Gasteiger partial charge in [-0.05, 0) is 29.7 Å². The van der Waals surface area contributed by atoms with Crippen molar-refractivity contribution in [1.29, 1.82) is 0 Å². The third kappa shape index (κ3) is 4.61. The molecule has 1 amide bonds. The van der Waals surface area contributed by atoms with E-state index in [9.17, 15) is 4.79 Å². The smallest absolute Gasteiger partial charge is 0.234 e. The summed E-state index contributed by atoms with van der Waals surface area (Å²) in [6.45, 7) is 4.18. The number of amides is 1. The van der Waals surface area contributed by atoms with Gasteiger partial charge in [-0.25, -0.2) is 4.68 Å². The van der Waals surface area contributed by atoms with Gasteiger partial charge in [-0.3, -0.25) is 4.79 Å². The molecule has 27 heavy (non-hydrogen) atoms. The number of hydrogen-bond donors (Lipinski definition) is 2. The Morgan fingerprint density at radius 3 is 2.74 bits per heavy atom. The molecule has 0 radical (unpaired) electrons. The molecule has 1 heterocycles. The highest BCUT2D eigenvalue weighted by molar-refractivity contribution is 7.99. The SMILES string of the molecule is CC(C)c1ccccc1NC(=O)CSc1nnc(-c2cccc(Cl)c2)n1N. The van der Waals surface area contributed by atoms with E-state index in [4.69, 9.17) is 17.4 Å². The maximum absolute atomic E-state index is 12.3. The number of halogens is 1. The van der Waals surface area contributed by atoms with Crippen molar-refractivity contribution in [2.75, 3.05) is 16.9 Å². The second-order valence-corrected chi connectivity index (χ2v) is 7.64. The summed E-state index contributed by atoms with van der Waals surface area (Å²) in [5.74, 6) is 6.95. The molecule has 0 saturated heterocycles. The van der Waals surface area contributed by atoms with Crippen molar-refractivity contribution in [2.24, 2.45) is 0 Å². The molecule has 0 atom stereocenters. The molecule has 0 bridgehead atoms. The molecule has 0 fully saturated rings. The second-order valence-electron chi connectivity index (χ2n) is 6.27. The van der Waals surface area contributed by atoms with Gasteiger partial charge in [0, 0.05) is 16.3 Å². The van der Waals surface area contributed by atoms with Gasteiger partial charge in [0.1, 0.15) is 0 Å². The zero-order chi connectivity index (χ0) is 19.4. The topological polar surface area (TPSA) is 85.8 Å². The molecule has 8 heteroatoms. The fraction of sp³-hybridized carbons (Fsp3) is 0.211. The van der Waals surface area contributed by atoms with Crippen molar-refractivity contribution in [3.8, 4) is 11.4 Å². The molecule has 3 aromatic rings. The average molecular weight is 402 g/mol. The first-order valence-electron chi connectivity index (χ1n) is 8.43. The number of nitrogen functional groups attached to an aromatic ring is 1. The van der Waals surface area contributed by atoms with E-state index >= 15 is 0 Å². The summed E-state index contributed by atoms with van der Waals surface area (Å²) in [7, 11) is 0. The number of para-hydroxylation sites is 1. The van der Waals surface area contributed by atoms with E-state index in [0.717, 1.165) is 16.8 Å². The standard InChI is InChI=1S/C19H20ClN5OS/c1-12(2)15-8-3-4-9-16(15)22-17(26)11-27-19-24-23-18(25(19)21)13-6-5-7-14(20)10-13/h3-10,12H,11,21H2,1-2H3,(H,22,26). The van der Waals surface area contributed by atoms with Crippen LogP contribution in [0.1, 0.15) is 25.3 Å². The number of rotatable bonds is 6. The lowest BCUT2D eigenvalue weighted by Gasteiger charge is -2.13. The van der Waals surface area contributed by atoms with Crippen LogP contribution in [0.2, 0.25) is 5.02 Å². The highest BCUT2D eigenvalue weighted by Gasteiger charge is 2.15. The van der Waals surface area contributed by atoms with E-state index in [0.29, 0.717) is 21.9 Å². The van der Waals surface area contributed by atoms with Gasteiger partial charge in [0.15, 0.2) is 5.82 Å². The number of anilines is 1. The lowest BCUT2D eigenvalue weighted by atomic mass is 10.0. The van der Waals surface area contributed by atoms with Crippen LogP contribution >= 0.6 is 23.4 Å². The average Bonchev–Trinajstić information content (AvgIpc) is 3.01. The van der Waals surface area contributed by atoms with Gasteiger partial charge < -0.3 is 11.2 Å². The number of carbonyl (C=O) groups is 1. The summed E-state index contributed by atoms with van der Waals surface area (Å²) in [6, 6.07) is 15.0. The maximum atomic E-state index is 12.3. The van der Waals surface area contributed by atoms with E-state index in [2.05, 4.69) is 29.4 Å². The number of nitrogens with one attached hydrogen (secondary N) is 1. The zero-order valence-corrected chi connectivity index (χ0v) is 16.6. The van der Waals surface area contributed by atoms with E-state index in [1.54, 1.807) is 12.1 Å². The monoisotopic (exact) mass is 401 g/mol. The van der Waals surface area contributed by atoms with Crippen LogP contribution in [0.5, 0.6) is 0 Å². The fourth-order valence-electron chi connectivity index (χ4n) is 2.63. The molecule has 140 valence electrons. The number of hydrogen-bond acceptors (Lipinski definition) is 5. The van der Waals surface area contributed by atoms with Crippen molar-refractivity contribution >= 4 is 35.0 Å². The Kier molecular flexibility index (Phi) is 6.03. The van der Waals surface area contributed by atoms with Crippen molar-refractivity contribution in [1.82, 2.24) is 14.9 Å². The molecule has 0 spiro atoms. The summed E-state index contributed by atoms with van der Waals surface area (Å²) in [5.41, 5.74) is 2.69. The fourth-order valence-corrected chi connectivity index (χ4v) is 3.48. The first kappa shape index (κ1) is 19.3. The van der Waals surface area contributed by atoms with Crippen LogP contribution in [0.15, 0.2) is 53.7 Å². The molecular formula is C19H20ClN5OS. The predicted octanol–water partition coefficient (Wildman–Crippen LogP) is 4.17. The molecule has 3 rings (SSSR count). The number of benzene rings is 2. The first-order chi connectivity index (χ1) is 13.0. The minimum Gasteiger partial charge on any atom is -0.335 e. The lowest BCUT2D eigenvalue weighted by molar-refractivity contribution is -0.113. The number of thioether (sulfide) groups is 1. The minimum absolute atomic E-state index is 0.125. The van der Waals surface area contributed by atoms with Crippen molar-refractivity contribution in [3.63, 3.8) is 0 Å². The molecule has 0 aliphatic heterocycles. The Hall–Kier alpha value is -2.51. The van der Waals surface area contributed by atoms with E-state index in [1.807, 2.05) is 36.4 Å². The van der Waals surface area contributed by atoms with E-state index < -0.39 is 0 Å². The Morgan fingerprint density at radius 2 is 2.00 bits per heavy atom. The highest BCUT2D eigenvalue weighted by atomic mass is 35.5. The van der Waals surface area contributed by atoms with E-state index in [-0.39, 0.29) is 11.7 Å². The van der Waals surface area contributed by atoms with Crippen molar-refractivity contribution < 1.29 is 4.79 Å². The largest absolute Gasteiger partial charge is 0.335 e. The van der Waals surface area contributed by atoms with Gasteiger partial charge in [0.2, 0.25) is 11.1 Å². The van der Waals surface area contributed by atoms with Gasteiger partial charge in [-0.1, -0.05) is 67.5 Å². The third-order valence-corrected chi connectivity index (χ3v) is 5.11. The minimum atomic E-state index is -0.125. The Morgan fingerprint density at radius 1 is 1.22 bits per heavy atom. The summed E-state index contributed by atoms with van der Waals surface area (Å²) in [5, 5.41) is 12.2. The third-order valence-electron chi connectivity index (χ3n) is 3.94. The van der Waals surface area contributed by atoms with Crippen LogP contribution in [0, 0.1) is 0 Å². The van der Waals surface area contributed by atoms with Crippen LogP contribution < -0.4 is 11.2 Å². The number of aromatic nitrogens is 3. The van der Waals surface area contributed by atoms with Crippen LogP contribution in [0.4, 0.5) is 5.69 Å². The molecule has 0 saturated carbocycles. The number of nitrogens with zero attached hydrogens (tertiary/aromatic N) is 3. The highest BCUT2D eigenvalue weighted by Crippen LogP contribution is 2.26. The first-order valence-corrected chi connectivity index (χ1v) is 9.80. The number of carbonyl (C=O) groups excluding carboxylic acids is 1. The summed E-state index contributed by atoms with van der Waals surface area (Å²) in [6.07, 6.45) is 0. The summed E-state index contributed by atoms with van der Waals surface area (Å²) in [4.78, 5) is 12.3. The Labute approximate surface area is 167 Å². The Balaban J connectivity index is 1.67. The van der Waals surface area contributed by atoms with Crippen molar-refractivity contribution in [2.45, 2.75) is 24.9 Å². The van der Waals surface area contributed by atoms with Gasteiger partial charge in [-0.15, -0.1) is 10.2 Å². The Bertz CT molecular complexity index is 957. The molecule has 3 N–H and O–H groups in total. The summed E-state index contributed by atoms with van der Waals surface area (Å²) >= 11 is 7.24. The zero-order valence-electron chi connectivity index (χ0n) is 15.0. The van der Waals surface area contributed by atoms with E-state index in [1.165, 1.54) is 16.4 Å². The summed E-state index contributed by atoms with van der Waals surface area (Å²) < 4.78 is 1.37. The van der Waals surface area contributed by atoms with Crippen LogP contribution in [0.3, 0.4) is 0 Å². The molecule has 6 nitrogen and oxygen atoms in total. The van der Waals surface area contributed by atoms with Crippen molar-refractivity contribution in [3.05, 3.63) is 59.1 Å². The molecule has 0 aliphatic rings. The molecule has 0 unspecified atom stereocenters. The lowest BCUT2D eigenvalue weighted by Crippen LogP contribution is -2.17. The van der Waals surface area contributed by atoms with Gasteiger partial charge >= 0.3 is 0 Å². The van der Waals surface area contributed by atoms with Gasteiger partial charge in [0.05, 0.1) is 5.75 Å². The van der Waals surface area contributed by atoms with Gasteiger partial charge in [-0.2, -0.15) is 0 Å².